The number of carbonyl (C=O) groups is 2. The average molecular weight is 393 g/mol. The molecule has 3 rings (SSSR count). The molecule has 0 aromatic heterocycles. The largest absolute Gasteiger partial charge is 0.482 e. The number of hydrogen-bond acceptors (Lipinski definition) is 3. The van der Waals surface area contributed by atoms with Crippen LogP contribution in [0, 0.1) is 0 Å². The highest BCUT2D eigenvalue weighted by atomic mass is 35.5. The summed E-state index contributed by atoms with van der Waals surface area (Å²) < 4.78 is 5.40. The van der Waals surface area contributed by atoms with Crippen LogP contribution in [0.25, 0.3) is 0 Å². The number of anilines is 1. The van der Waals surface area contributed by atoms with Gasteiger partial charge in [-0.25, -0.2) is 0 Å². The van der Waals surface area contributed by atoms with E-state index in [0.717, 1.165) is 5.56 Å². The van der Waals surface area contributed by atoms with Crippen LogP contribution in [0.3, 0.4) is 0 Å². The Morgan fingerprint density at radius 3 is 2.77 bits per heavy atom. The zero-order valence-corrected chi connectivity index (χ0v) is 15.7. The quantitative estimate of drug-likeness (QED) is 0.836. The lowest BCUT2D eigenvalue weighted by atomic mass is 10.1. The summed E-state index contributed by atoms with van der Waals surface area (Å²) in [4.78, 5) is 26.0. The van der Waals surface area contributed by atoms with Gasteiger partial charge in [0.1, 0.15) is 5.75 Å². The number of hydrogen-bond donors (Lipinski definition) is 1. The lowest BCUT2D eigenvalue weighted by Crippen LogP contribution is -2.41. The third-order valence-electron chi connectivity index (χ3n) is 4.19. The molecule has 136 valence electrons. The number of carbonyl (C=O) groups excluding carboxylic acids is 2. The number of nitrogens with zero attached hydrogens (tertiary/aromatic N) is 1. The summed E-state index contributed by atoms with van der Waals surface area (Å²) in [7, 11) is 0. The molecule has 2 aromatic carbocycles. The highest BCUT2D eigenvalue weighted by molar-refractivity contribution is 6.42. The molecule has 1 N–H and O–H groups in total. The summed E-state index contributed by atoms with van der Waals surface area (Å²) in [6.45, 7) is 2.14. The fourth-order valence-electron chi connectivity index (χ4n) is 2.79. The lowest BCUT2D eigenvalue weighted by Gasteiger charge is -2.29. The smallest absolute Gasteiger partial charge is 0.265 e. The predicted molar refractivity (Wildman–Crippen MR) is 102 cm³/mol. The van der Waals surface area contributed by atoms with E-state index >= 15 is 0 Å². The molecular weight excluding hydrogens is 375 g/mol. The molecule has 26 heavy (non-hydrogen) atoms. The van der Waals surface area contributed by atoms with Crippen molar-refractivity contribution in [3.05, 3.63) is 58.1 Å². The fourth-order valence-corrected chi connectivity index (χ4v) is 3.10. The van der Waals surface area contributed by atoms with Gasteiger partial charge < -0.3 is 15.0 Å². The molecule has 0 aliphatic carbocycles. The monoisotopic (exact) mass is 392 g/mol. The lowest BCUT2D eigenvalue weighted by molar-refractivity contribution is -0.122. The molecule has 0 fully saturated rings. The first kappa shape index (κ1) is 18.5. The van der Waals surface area contributed by atoms with E-state index in [2.05, 4.69) is 5.32 Å². The molecule has 5 nitrogen and oxygen atoms in total. The highest BCUT2D eigenvalue weighted by Gasteiger charge is 2.25. The fraction of sp³-hybridized carbons (Fsp3) is 0.263. The number of nitrogens with one attached hydrogen (secondary N) is 1. The first-order chi connectivity index (χ1) is 12.5. The Bertz CT molecular complexity index is 841. The van der Waals surface area contributed by atoms with Crippen molar-refractivity contribution in [2.75, 3.05) is 18.1 Å². The van der Waals surface area contributed by atoms with Gasteiger partial charge in [-0.2, -0.15) is 0 Å². The molecule has 2 amide bonds. The third-order valence-corrected chi connectivity index (χ3v) is 4.93. The van der Waals surface area contributed by atoms with Crippen molar-refractivity contribution in [3.63, 3.8) is 0 Å². The van der Waals surface area contributed by atoms with E-state index < -0.39 is 0 Å². The maximum Gasteiger partial charge on any atom is 0.265 e. The van der Waals surface area contributed by atoms with Crippen molar-refractivity contribution in [1.82, 2.24) is 5.32 Å². The first-order valence-electron chi connectivity index (χ1n) is 8.22. The number of benzene rings is 2. The summed E-state index contributed by atoms with van der Waals surface area (Å²) >= 11 is 11.9. The van der Waals surface area contributed by atoms with Crippen LogP contribution in [0.2, 0.25) is 10.0 Å². The minimum atomic E-state index is -0.218. The Kier molecular flexibility index (Phi) is 5.69. The van der Waals surface area contributed by atoms with Gasteiger partial charge in [-0.05, 0) is 36.8 Å². The normalized spacial score (nSPS) is 14.4. The van der Waals surface area contributed by atoms with Gasteiger partial charge in [-0.1, -0.05) is 41.4 Å². The molecule has 0 unspecified atom stereocenters. The minimum Gasteiger partial charge on any atom is -0.482 e. The molecule has 2 aromatic rings. The first-order valence-corrected chi connectivity index (χ1v) is 8.98. The van der Waals surface area contributed by atoms with Crippen LogP contribution in [0.15, 0.2) is 42.5 Å². The van der Waals surface area contributed by atoms with E-state index in [0.29, 0.717) is 28.0 Å². The number of amides is 2. The van der Waals surface area contributed by atoms with Crippen molar-refractivity contribution in [2.24, 2.45) is 0 Å². The van der Waals surface area contributed by atoms with Crippen LogP contribution in [-0.2, 0) is 9.59 Å². The van der Waals surface area contributed by atoms with Crippen molar-refractivity contribution >= 4 is 40.7 Å². The Hall–Kier alpha value is -2.24. The van der Waals surface area contributed by atoms with E-state index in [1.54, 1.807) is 23.1 Å². The zero-order valence-electron chi connectivity index (χ0n) is 14.2. The molecule has 1 heterocycles. The van der Waals surface area contributed by atoms with E-state index in [4.69, 9.17) is 27.9 Å². The maximum atomic E-state index is 12.3. The van der Waals surface area contributed by atoms with E-state index in [-0.39, 0.29) is 30.9 Å². The van der Waals surface area contributed by atoms with Crippen molar-refractivity contribution in [1.29, 1.82) is 0 Å². The van der Waals surface area contributed by atoms with E-state index in [1.165, 1.54) is 0 Å². The molecular formula is C19H18Cl2N2O3. The summed E-state index contributed by atoms with van der Waals surface area (Å²) in [5.74, 6) is 0.339. The molecule has 1 aliphatic heterocycles. The predicted octanol–water partition coefficient (Wildman–Crippen LogP) is 3.99. The van der Waals surface area contributed by atoms with Gasteiger partial charge >= 0.3 is 0 Å². The molecule has 7 heteroatoms. The van der Waals surface area contributed by atoms with Crippen LogP contribution in [0.1, 0.15) is 24.9 Å². The minimum absolute atomic E-state index is 0.0156. The Morgan fingerprint density at radius 1 is 1.23 bits per heavy atom. The van der Waals surface area contributed by atoms with Gasteiger partial charge in [0.05, 0.1) is 21.8 Å². The Balaban J connectivity index is 1.60. The van der Waals surface area contributed by atoms with Crippen molar-refractivity contribution in [2.45, 2.75) is 19.4 Å². The van der Waals surface area contributed by atoms with Crippen LogP contribution in [0.4, 0.5) is 5.69 Å². The molecule has 0 saturated heterocycles. The second-order valence-electron chi connectivity index (χ2n) is 6.01. The van der Waals surface area contributed by atoms with Gasteiger partial charge in [0.25, 0.3) is 5.91 Å². The number of halogens is 2. The number of ether oxygens (including phenoxy) is 1. The standard InChI is InChI=1S/C19H18Cl2N2O3/c1-12(13-6-7-14(20)15(21)10-13)22-18(24)8-9-23-16-4-2-3-5-17(16)26-11-19(23)25/h2-7,10,12H,8-9,11H2,1H3,(H,22,24)/t12-/m1/s1. The second-order valence-corrected chi connectivity index (χ2v) is 6.83. The van der Waals surface area contributed by atoms with Crippen LogP contribution < -0.4 is 15.0 Å². The molecule has 0 bridgehead atoms. The molecule has 1 aliphatic rings. The zero-order chi connectivity index (χ0) is 18.7. The van der Waals surface area contributed by atoms with Gasteiger partial charge in [-0.15, -0.1) is 0 Å². The summed E-state index contributed by atoms with van der Waals surface area (Å²) in [5, 5.41) is 3.83. The summed E-state index contributed by atoms with van der Waals surface area (Å²) in [5.41, 5.74) is 1.55. The Morgan fingerprint density at radius 2 is 2.00 bits per heavy atom. The van der Waals surface area contributed by atoms with Gasteiger partial charge in [0.15, 0.2) is 6.61 Å². The summed E-state index contributed by atoms with van der Waals surface area (Å²) in [6.07, 6.45) is 0.186. The number of rotatable bonds is 5. The van der Waals surface area contributed by atoms with Gasteiger partial charge in [-0.3, -0.25) is 9.59 Å². The van der Waals surface area contributed by atoms with Crippen molar-refractivity contribution in [3.8, 4) is 5.75 Å². The van der Waals surface area contributed by atoms with Crippen LogP contribution in [-0.4, -0.2) is 25.0 Å². The number of fused-ring (bicyclic) bond motifs is 1. The van der Waals surface area contributed by atoms with Crippen LogP contribution >= 0.6 is 23.2 Å². The summed E-state index contributed by atoms with van der Waals surface area (Å²) in [6, 6.07) is 12.3. The molecule has 1 atom stereocenters. The molecule has 0 saturated carbocycles. The van der Waals surface area contributed by atoms with E-state index in [9.17, 15) is 9.59 Å². The van der Waals surface area contributed by atoms with Gasteiger partial charge in [0, 0.05) is 13.0 Å². The molecule has 0 radical (unpaired) electrons. The topological polar surface area (TPSA) is 58.6 Å². The second kappa shape index (κ2) is 7.98. The molecule has 0 spiro atoms. The van der Waals surface area contributed by atoms with Gasteiger partial charge in [0.2, 0.25) is 5.91 Å². The van der Waals surface area contributed by atoms with E-state index in [1.807, 2.05) is 31.2 Å². The third kappa shape index (κ3) is 4.11. The number of para-hydroxylation sites is 2. The van der Waals surface area contributed by atoms with Crippen LogP contribution in [0.5, 0.6) is 5.75 Å². The average Bonchev–Trinajstić information content (AvgIpc) is 2.63. The van der Waals surface area contributed by atoms with Crippen molar-refractivity contribution < 1.29 is 14.3 Å². The highest BCUT2D eigenvalue weighted by Crippen LogP contribution is 2.31. The maximum absolute atomic E-state index is 12.3. The SMILES string of the molecule is C[C@@H](NC(=O)CCN1C(=O)COc2ccccc21)c1ccc(Cl)c(Cl)c1. The Labute approximate surface area is 161 Å².